The molecular weight excluding hydrogens is 420 g/mol. The molecule has 4 aliphatic carbocycles. The number of aryl methyl sites for hydroxylation is 2. The lowest BCUT2D eigenvalue weighted by Crippen LogP contribution is -2.45. The van der Waals surface area contributed by atoms with Crippen molar-refractivity contribution in [2.75, 3.05) is 0 Å². The van der Waals surface area contributed by atoms with Gasteiger partial charge < -0.3 is 9.67 Å². The van der Waals surface area contributed by atoms with Crippen LogP contribution in [0.3, 0.4) is 0 Å². The summed E-state index contributed by atoms with van der Waals surface area (Å²) in [5.74, 6) is 4.96. The summed E-state index contributed by atoms with van der Waals surface area (Å²) >= 11 is 0. The minimum absolute atomic E-state index is 0.0277. The Balaban J connectivity index is 0.000000764. The molecule has 1 heterocycles. The molecule has 1 aromatic heterocycles. The summed E-state index contributed by atoms with van der Waals surface area (Å²) in [6, 6.07) is 6.79. The number of terminal acetylenes is 1. The Morgan fingerprint density at radius 3 is 2.74 bits per heavy atom. The average Bonchev–Trinajstić information content (AvgIpc) is 3.27. The van der Waals surface area contributed by atoms with Crippen LogP contribution in [-0.4, -0.2) is 26.5 Å². The summed E-state index contributed by atoms with van der Waals surface area (Å²) in [4.78, 5) is 16.9. The first-order valence-corrected chi connectivity index (χ1v) is 12.7. The number of aliphatic hydroxyl groups is 1. The topological polar surface area (TPSA) is 55.1 Å². The number of aromatic nitrogens is 2. The summed E-state index contributed by atoms with van der Waals surface area (Å²) in [6.45, 7) is 6.04. The molecule has 4 aliphatic rings. The van der Waals surface area contributed by atoms with Crippen molar-refractivity contribution in [2.24, 2.45) is 24.3 Å². The van der Waals surface area contributed by atoms with E-state index in [9.17, 15) is 9.90 Å². The van der Waals surface area contributed by atoms with Gasteiger partial charge in [0.1, 0.15) is 5.82 Å². The molecule has 5 atom stereocenters. The number of benzene rings is 1. The number of carbonyl (C=O) groups is 1. The molecule has 0 aliphatic heterocycles. The van der Waals surface area contributed by atoms with E-state index in [0.29, 0.717) is 24.2 Å². The van der Waals surface area contributed by atoms with Crippen LogP contribution in [0.4, 0.5) is 0 Å². The molecule has 2 saturated carbocycles. The highest BCUT2D eigenvalue weighted by atomic mass is 16.3. The lowest BCUT2D eigenvalue weighted by molar-refractivity contribution is -0.114. The maximum Gasteiger partial charge on any atom is 0.156 e. The van der Waals surface area contributed by atoms with E-state index in [1.165, 1.54) is 22.2 Å². The number of allylic oxidation sites excluding steroid dienone is 4. The fraction of sp³-hybridized carbons (Fsp3) is 0.533. The summed E-state index contributed by atoms with van der Waals surface area (Å²) in [7, 11) is 2.07. The second-order valence-electron chi connectivity index (χ2n) is 10.9. The zero-order valence-corrected chi connectivity index (χ0v) is 20.9. The van der Waals surface area contributed by atoms with E-state index in [-0.39, 0.29) is 17.3 Å². The molecule has 0 spiro atoms. The third-order valence-electron chi connectivity index (χ3n) is 9.21. The van der Waals surface area contributed by atoms with Gasteiger partial charge in [-0.05, 0) is 105 Å². The molecule has 4 heteroatoms. The van der Waals surface area contributed by atoms with Crippen LogP contribution in [0.15, 0.2) is 41.0 Å². The van der Waals surface area contributed by atoms with Crippen molar-refractivity contribution in [3.8, 4) is 12.3 Å². The number of hydrogen-bond donors (Lipinski definition) is 1. The Morgan fingerprint density at radius 2 is 1.97 bits per heavy atom. The van der Waals surface area contributed by atoms with Crippen molar-refractivity contribution in [1.29, 1.82) is 0 Å². The maximum atomic E-state index is 12.1. The highest BCUT2D eigenvalue weighted by Crippen LogP contribution is 2.63. The molecule has 1 N–H and O–H groups in total. The van der Waals surface area contributed by atoms with Gasteiger partial charge in [-0.25, -0.2) is 4.98 Å². The van der Waals surface area contributed by atoms with Crippen LogP contribution in [-0.2, 0) is 11.8 Å². The molecule has 1 aromatic carbocycles. The number of hydrogen-bond acceptors (Lipinski definition) is 3. The predicted molar refractivity (Wildman–Crippen MR) is 136 cm³/mol. The zero-order chi connectivity index (χ0) is 24.2. The number of carbonyl (C=O) groups excluding carboxylic acids is 1. The van der Waals surface area contributed by atoms with Crippen LogP contribution in [0.25, 0.3) is 11.0 Å². The van der Waals surface area contributed by atoms with Crippen LogP contribution >= 0.6 is 0 Å². The molecule has 178 valence electrons. The van der Waals surface area contributed by atoms with Crippen molar-refractivity contribution in [1.82, 2.24) is 9.55 Å². The van der Waals surface area contributed by atoms with Crippen molar-refractivity contribution in [2.45, 2.75) is 77.7 Å². The van der Waals surface area contributed by atoms with Gasteiger partial charge in [0.2, 0.25) is 0 Å². The van der Waals surface area contributed by atoms with Gasteiger partial charge in [-0.2, -0.15) is 0 Å². The van der Waals surface area contributed by atoms with Gasteiger partial charge in [0.05, 0.1) is 17.1 Å². The van der Waals surface area contributed by atoms with Crippen LogP contribution in [0, 0.1) is 36.5 Å². The van der Waals surface area contributed by atoms with E-state index in [4.69, 9.17) is 4.98 Å². The lowest BCUT2D eigenvalue weighted by atomic mass is 9.53. The quantitative estimate of drug-likeness (QED) is 0.553. The van der Waals surface area contributed by atoms with Crippen molar-refractivity contribution < 1.29 is 9.90 Å². The molecule has 0 saturated heterocycles. The second kappa shape index (κ2) is 8.54. The Labute approximate surface area is 203 Å². The van der Waals surface area contributed by atoms with Gasteiger partial charge >= 0.3 is 0 Å². The first-order chi connectivity index (χ1) is 16.3. The average molecular weight is 457 g/mol. The smallest absolute Gasteiger partial charge is 0.156 e. The zero-order valence-electron chi connectivity index (χ0n) is 20.9. The van der Waals surface area contributed by atoms with E-state index in [0.717, 1.165) is 49.9 Å². The molecular formula is C30H36N2O2. The summed E-state index contributed by atoms with van der Waals surface area (Å²) in [5, 5.41) is 11.0. The van der Waals surface area contributed by atoms with Gasteiger partial charge in [-0.1, -0.05) is 18.6 Å². The van der Waals surface area contributed by atoms with E-state index in [2.05, 4.69) is 56.0 Å². The number of ketones is 1. The SMILES string of the molecule is C#CC.Cc1nc2cc(C3CC4(C)C(O)CCC4C4CCC5=CC(=O)CCC5=C34)ccc2n1C. The fourth-order valence-electron chi connectivity index (χ4n) is 7.49. The number of fused-ring (bicyclic) bond motifs is 5. The van der Waals surface area contributed by atoms with Crippen molar-refractivity contribution in [3.05, 3.63) is 52.4 Å². The Bertz CT molecular complexity index is 1260. The van der Waals surface area contributed by atoms with Crippen LogP contribution in [0.5, 0.6) is 0 Å². The normalized spacial score (nSPS) is 32.2. The molecule has 6 rings (SSSR count). The van der Waals surface area contributed by atoms with Crippen LogP contribution in [0.2, 0.25) is 0 Å². The number of imidazole rings is 1. The highest BCUT2D eigenvalue weighted by molar-refractivity contribution is 5.93. The van der Waals surface area contributed by atoms with Crippen LogP contribution < -0.4 is 0 Å². The second-order valence-corrected chi connectivity index (χ2v) is 10.9. The predicted octanol–water partition coefficient (Wildman–Crippen LogP) is 5.78. The first-order valence-electron chi connectivity index (χ1n) is 12.7. The third kappa shape index (κ3) is 3.48. The number of nitrogens with zero attached hydrogens (tertiary/aromatic N) is 2. The van der Waals surface area contributed by atoms with Gasteiger partial charge in [-0.3, -0.25) is 4.79 Å². The molecule has 0 bridgehead atoms. The largest absolute Gasteiger partial charge is 0.393 e. The van der Waals surface area contributed by atoms with E-state index in [1.807, 2.05) is 6.08 Å². The first kappa shape index (κ1) is 23.1. The number of rotatable bonds is 1. The van der Waals surface area contributed by atoms with Gasteiger partial charge in [0, 0.05) is 19.4 Å². The number of aliphatic hydroxyl groups excluding tert-OH is 1. The Kier molecular flexibility index (Phi) is 5.81. The molecule has 5 unspecified atom stereocenters. The minimum atomic E-state index is -0.211. The standard InChI is InChI=1S/C27H32N2O2.C3H4/c1-15-28-23-13-17(5-10-24(23)29(15)3)21-14-27(2)22(9-11-25(27)31)20-7-4-16-12-18(30)6-8-19(16)26(20)21;1-3-2/h5,10,12-13,20-22,25,31H,4,6-9,11,14H2,1-3H3;1H,2H3. The molecule has 34 heavy (non-hydrogen) atoms. The maximum absolute atomic E-state index is 12.1. The molecule has 4 nitrogen and oxygen atoms in total. The van der Waals surface area contributed by atoms with E-state index in [1.54, 1.807) is 12.5 Å². The highest BCUT2D eigenvalue weighted by Gasteiger charge is 2.56. The summed E-state index contributed by atoms with van der Waals surface area (Å²) < 4.78 is 2.15. The monoisotopic (exact) mass is 456 g/mol. The fourth-order valence-corrected chi connectivity index (χ4v) is 7.49. The van der Waals surface area contributed by atoms with Crippen molar-refractivity contribution in [3.63, 3.8) is 0 Å². The third-order valence-corrected chi connectivity index (χ3v) is 9.21. The Hall–Kier alpha value is -2.64. The van der Waals surface area contributed by atoms with Gasteiger partial charge in [-0.15, -0.1) is 12.3 Å². The molecule has 2 fully saturated rings. The molecule has 2 aromatic rings. The Morgan fingerprint density at radius 1 is 1.21 bits per heavy atom. The van der Waals surface area contributed by atoms with Gasteiger partial charge in [0.15, 0.2) is 5.78 Å². The molecule has 0 radical (unpaired) electrons. The van der Waals surface area contributed by atoms with Crippen molar-refractivity contribution >= 4 is 16.8 Å². The van der Waals surface area contributed by atoms with Gasteiger partial charge in [0.25, 0.3) is 0 Å². The van der Waals surface area contributed by atoms with E-state index < -0.39 is 0 Å². The summed E-state index contributed by atoms with van der Waals surface area (Å²) in [5.41, 5.74) is 7.89. The molecule has 0 amide bonds. The van der Waals surface area contributed by atoms with E-state index >= 15 is 0 Å². The van der Waals surface area contributed by atoms with Crippen LogP contribution in [0.1, 0.15) is 76.1 Å². The minimum Gasteiger partial charge on any atom is -0.393 e. The summed E-state index contributed by atoms with van der Waals surface area (Å²) in [6.07, 6.45) is 13.0. The lowest BCUT2D eigenvalue weighted by Gasteiger charge is -2.52.